The maximum Gasteiger partial charge on any atom is 0.573 e. The van der Waals surface area contributed by atoms with Crippen molar-refractivity contribution < 1.29 is 37.0 Å². The Morgan fingerprint density at radius 1 is 1.03 bits per heavy atom. The molecule has 3 aromatic carbocycles. The molecule has 196 valence electrons. The molecular weight excluding hydrogens is 523 g/mol. The van der Waals surface area contributed by atoms with Gasteiger partial charge in [0.2, 0.25) is 18.6 Å². The Balaban J connectivity index is 1.32. The highest BCUT2D eigenvalue weighted by atomic mass is 32.2. The molecule has 2 amide bonds. The number of thioether (sulfide) groups is 1. The minimum atomic E-state index is -4.84. The number of carbonyl (C=O) groups is 2. The second-order valence-corrected chi connectivity index (χ2v) is 9.41. The molecule has 5 rings (SSSR count). The number of benzene rings is 3. The summed E-state index contributed by atoms with van der Waals surface area (Å²) >= 11 is 1.11. The minimum Gasteiger partial charge on any atom is -0.454 e. The van der Waals surface area contributed by atoms with Crippen molar-refractivity contribution in [1.29, 1.82) is 0 Å². The summed E-state index contributed by atoms with van der Waals surface area (Å²) < 4.78 is 52.0. The van der Waals surface area contributed by atoms with Gasteiger partial charge in [-0.05, 0) is 54.1 Å². The standard InChI is InChI=1S/C26H20F3N3O5S/c27-26(28,29)37-19-9-7-18(8-10-19)32-23(33)13-22(24(32)34)38-25(31-17-4-2-1-3-5-17)30-14-16-6-11-20-21(12-16)36-15-35-20/h1-12,22H,13-15H2,(H,30,31)/t22-/m1/s1. The van der Waals surface area contributed by atoms with E-state index in [0.29, 0.717) is 16.7 Å². The lowest BCUT2D eigenvalue weighted by molar-refractivity contribution is -0.274. The molecular formula is C26H20F3N3O5S. The van der Waals surface area contributed by atoms with Crippen LogP contribution >= 0.6 is 11.8 Å². The van der Waals surface area contributed by atoms with Gasteiger partial charge in [-0.15, -0.1) is 13.2 Å². The summed E-state index contributed by atoms with van der Waals surface area (Å²) in [6.07, 6.45) is -4.94. The molecule has 0 saturated carbocycles. The van der Waals surface area contributed by atoms with E-state index in [1.54, 1.807) is 6.07 Å². The van der Waals surface area contributed by atoms with Crippen LogP contribution < -0.4 is 24.4 Å². The van der Waals surface area contributed by atoms with Gasteiger partial charge in [-0.3, -0.25) is 14.6 Å². The lowest BCUT2D eigenvalue weighted by Gasteiger charge is -2.17. The number of aliphatic imine (C=N–C) groups is 1. The van der Waals surface area contributed by atoms with E-state index in [9.17, 15) is 22.8 Å². The van der Waals surface area contributed by atoms with E-state index >= 15 is 0 Å². The number of hydrogen-bond acceptors (Lipinski definition) is 7. The predicted molar refractivity (Wildman–Crippen MR) is 135 cm³/mol. The number of amides is 2. The summed E-state index contributed by atoms with van der Waals surface area (Å²) in [5.74, 6) is -0.122. The Bertz CT molecular complexity index is 1370. The van der Waals surface area contributed by atoms with Crippen LogP contribution in [-0.4, -0.2) is 35.4 Å². The highest BCUT2D eigenvalue weighted by Crippen LogP contribution is 2.34. The van der Waals surface area contributed by atoms with Gasteiger partial charge in [0.15, 0.2) is 16.7 Å². The molecule has 0 aromatic heterocycles. The summed E-state index contributed by atoms with van der Waals surface area (Å²) in [6, 6.07) is 19.3. The van der Waals surface area contributed by atoms with Crippen LogP contribution in [0, 0.1) is 0 Å². The first-order valence-corrected chi connectivity index (χ1v) is 12.3. The number of carbonyl (C=O) groups excluding carboxylic acids is 2. The van der Waals surface area contributed by atoms with Crippen LogP contribution in [0.15, 0.2) is 77.8 Å². The second kappa shape index (κ2) is 10.7. The van der Waals surface area contributed by atoms with Crippen molar-refractivity contribution in [1.82, 2.24) is 0 Å². The molecule has 2 heterocycles. The number of rotatable bonds is 6. The Morgan fingerprint density at radius 3 is 2.50 bits per heavy atom. The molecule has 12 heteroatoms. The van der Waals surface area contributed by atoms with Gasteiger partial charge in [0.05, 0.1) is 12.2 Å². The number of amidine groups is 1. The number of alkyl halides is 3. The van der Waals surface area contributed by atoms with Crippen molar-refractivity contribution in [3.63, 3.8) is 0 Å². The molecule has 0 unspecified atom stereocenters. The van der Waals surface area contributed by atoms with Crippen molar-refractivity contribution in [2.45, 2.75) is 24.6 Å². The van der Waals surface area contributed by atoms with Gasteiger partial charge in [0.25, 0.3) is 0 Å². The fourth-order valence-corrected chi connectivity index (χ4v) is 4.87. The maximum atomic E-state index is 13.2. The van der Waals surface area contributed by atoms with Gasteiger partial charge >= 0.3 is 6.36 Å². The molecule has 0 bridgehead atoms. The number of halogens is 3. The summed E-state index contributed by atoms with van der Waals surface area (Å²) in [6.45, 7) is 0.434. The molecule has 2 aliphatic rings. The van der Waals surface area contributed by atoms with Crippen LogP contribution in [0.1, 0.15) is 12.0 Å². The first-order chi connectivity index (χ1) is 18.2. The van der Waals surface area contributed by atoms with Crippen molar-refractivity contribution >= 4 is 40.1 Å². The number of para-hydroxylation sites is 1. The van der Waals surface area contributed by atoms with E-state index in [-0.39, 0.29) is 25.4 Å². The van der Waals surface area contributed by atoms with Crippen molar-refractivity contribution in [3.05, 3.63) is 78.4 Å². The van der Waals surface area contributed by atoms with Crippen molar-refractivity contribution in [2.75, 3.05) is 17.0 Å². The summed E-state index contributed by atoms with van der Waals surface area (Å²) in [5.41, 5.74) is 1.77. The van der Waals surface area contributed by atoms with Crippen LogP contribution in [-0.2, 0) is 16.1 Å². The van der Waals surface area contributed by atoms with Gasteiger partial charge in [-0.25, -0.2) is 4.90 Å². The topological polar surface area (TPSA) is 89.5 Å². The SMILES string of the molecule is O=C1C[C@@H](SC(=NCc2ccc3c(c2)OCO3)Nc2ccccc2)C(=O)N1c1ccc(OC(F)(F)F)cc1. The van der Waals surface area contributed by atoms with Crippen LogP contribution in [0.25, 0.3) is 0 Å². The average molecular weight is 544 g/mol. The number of fused-ring (bicyclic) bond motifs is 1. The number of anilines is 2. The lowest BCUT2D eigenvalue weighted by atomic mass is 10.2. The molecule has 0 radical (unpaired) electrons. The molecule has 1 atom stereocenters. The molecule has 38 heavy (non-hydrogen) atoms. The third-order valence-electron chi connectivity index (χ3n) is 5.55. The monoisotopic (exact) mass is 543 g/mol. The molecule has 0 aliphatic carbocycles. The molecule has 8 nitrogen and oxygen atoms in total. The van der Waals surface area contributed by atoms with E-state index in [1.807, 2.05) is 42.5 Å². The molecule has 0 spiro atoms. The second-order valence-electron chi connectivity index (χ2n) is 8.22. The van der Waals surface area contributed by atoms with Crippen LogP contribution in [0.5, 0.6) is 17.2 Å². The molecule has 1 saturated heterocycles. The predicted octanol–water partition coefficient (Wildman–Crippen LogP) is 5.35. The normalized spacial score (nSPS) is 17.2. The molecule has 3 aromatic rings. The minimum absolute atomic E-state index is 0.0934. The third kappa shape index (κ3) is 6.02. The number of ether oxygens (including phenoxy) is 3. The van der Waals surface area contributed by atoms with Crippen LogP contribution in [0.4, 0.5) is 24.5 Å². The quantitative estimate of drug-likeness (QED) is 0.255. The Kier molecular flexibility index (Phi) is 7.14. The highest BCUT2D eigenvalue weighted by molar-refractivity contribution is 8.15. The zero-order valence-corrected chi connectivity index (χ0v) is 20.4. The van der Waals surface area contributed by atoms with E-state index < -0.39 is 29.2 Å². The van der Waals surface area contributed by atoms with E-state index in [2.05, 4.69) is 15.0 Å². The average Bonchev–Trinajstić information content (AvgIpc) is 3.46. The third-order valence-corrected chi connectivity index (χ3v) is 6.66. The molecule has 2 aliphatic heterocycles. The van der Waals surface area contributed by atoms with Crippen molar-refractivity contribution in [3.8, 4) is 17.2 Å². The van der Waals surface area contributed by atoms with E-state index in [1.165, 1.54) is 12.1 Å². The smallest absolute Gasteiger partial charge is 0.454 e. The van der Waals surface area contributed by atoms with E-state index in [4.69, 9.17) is 9.47 Å². The zero-order chi connectivity index (χ0) is 26.7. The highest BCUT2D eigenvalue weighted by Gasteiger charge is 2.41. The van der Waals surface area contributed by atoms with Gasteiger partial charge in [-0.1, -0.05) is 36.0 Å². The molecule has 1 fully saturated rings. The largest absolute Gasteiger partial charge is 0.573 e. The van der Waals surface area contributed by atoms with Crippen LogP contribution in [0.3, 0.4) is 0 Å². The van der Waals surface area contributed by atoms with Gasteiger partial charge < -0.3 is 19.5 Å². The fraction of sp³-hybridized carbons (Fsp3) is 0.192. The van der Waals surface area contributed by atoms with Gasteiger partial charge in [0.1, 0.15) is 11.0 Å². The number of hydrogen-bond donors (Lipinski definition) is 1. The van der Waals surface area contributed by atoms with Gasteiger partial charge in [0, 0.05) is 12.1 Å². The number of imide groups is 1. The van der Waals surface area contributed by atoms with Gasteiger partial charge in [-0.2, -0.15) is 0 Å². The van der Waals surface area contributed by atoms with Crippen molar-refractivity contribution in [2.24, 2.45) is 4.99 Å². The Hall–Kier alpha value is -4.19. The number of nitrogens with one attached hydrogen (secondary N) is 1. The first kappa shape index (κ1) is 25.5. The zero-order valence-electron chi connectivity index (χ0n) is 19.6. The maximum absolute atomic E-state index is 13.2. The fourth-order valence-electron chi connectivity index (χ4n) is 3.85. The Morgan fingerprint density at radius 2 is 1.76 bits per heavy atom. The number of nitrogens with zero attached hydrogens (tertiary/aromatic N) is 2. The summed E-state index contributed by atoms with van der Waals surface area (Å²) in [4.78, 5) is 31.5. The Labute approximate surface area is 219 Å². The van der Waals surface area contributed by atoms with Crippen LogP contribution in [0.2, 0.25) is 0 Å². The summed E-state index contributed by atoms with van der Waals surface area (Å²) in [5, 5.41) is 2.85. The molecule has 1 N–H and O–H groups in total. The summed E-state index contributed by atoms with van der Waals surface area (Å²) in [7, 11) is 0. The van der Waals surface area contributed by atoms with E-state index in [0.717, 1.165) is 40.0 Å². The lowest BCUT2D eigenvalue weighted by Crippen LogP contribution is -2.31. The first-order valence-electron chi connectivity index (χ1n) is 11.4.